The van der Waals surface area contributed by atoms with E-state index in [-0.39, 0.29) is 16.5 Å². The van der Waals surface area contributed by atoms with Crippen molar-refractivity contribution in [1.82, 2.24) is 0 Å². The SMILES string of the molecule is O=C(O)C(=Cc1ccccc1)Oc1cccc(Cl)c1Cl. The Morgan fingerprint density at radius 3 is 2.40 bits per heavy atom. The van der Waals surface area contributed by atoms with Crippen LogP contribution in [0.5, 0.6) is 5.75 Å². The first-order chi connectivity index (χ1) is 9.58. The van der Waals surface area contributed by atoms with Gasteiger partial charge in [0.1, 0.15) is 10.8 Å². The molecule has 0 aliphatic heterocycles. The van der Waals surface area contributed by atoms with Gasteiger partial charge in [0.2, 0.25) is 5.76 Å². The molecule has 0 spiro atoms. The van der Waals surface area contributed by atoms with Gasteiger partial charge in [0.05, 0.1) is 5.02 Å². The van der Waals surface area contributed by atoms with Gasteiger partial charge in [0.15, 0.2) is 0 Å². The summed E-state index contributed by atoms with van der Waals surface area (Å²) >= 11 is 11.8. The Hall–Kier alpha value is -1.97. The molecule has 0 radical (unpaired) electrons. The third-order valence-electron chi connectivity index (χ3n) is 2.44. The predicted molar refractivity (Wildman–Crippen MR) is 79.1 cm³/mol. The molecule has 0 unspecified atom stereocenters. The van der Waals surface area contributed by atoms with Crippen LogP contribution in [0.1, 0.15) is 5.56 Å². The minimum Gasteiger partial charge on any atom is -0.475 e. The van der Waals surface area contributed by atoms with E-state index in [4.69, 9.17) is 27.9 Å². The summed E-state index contributed by atoms with van der Waals surface area (Å²) in [6, 6.07) is 13.8. The van der Waals surface area contributed by atoms with Gasteiger partial charge in [-0.3, -0.25) is 0 Å². The molecule has 0 aliphatic rings. The van der Waals surface area contributed by atoms with Gasteiger partial charge >= 0.3 is 5.97 Å². The molecule has 2 aromatic carbocycles. The van der Waals surface area contributed by atoms with Crippen LogP contribution in [0.3, 0.4) is 0 Å². The van der Waals surface area contributed by atoms with E-state index in [2.05, 4.69) is 0 Å². The van der Waals surface area contributed by atoms with Gasteiger partial charge in [-0.2, -0.15) is 0 Å². The number of halogens is 2. The number of hydrogen-bond donors (Lipinski definition) is 1. The molecule has 102 valence electrons. The minimum atomic E-state index is -1.19. The summed E-state index contributed by atoms with van der Waals surface area (Å²) in [5, 5.41) is 9.66. The van der Waals surface area contributed by atoms with Crippen LogP contribution >= 0.6 is 23.2 Å². The third-order valence-corrected chi connectivity index (χ3v) is 3.25. The van der Waals surface area contributed by atoms with Gasteiger partial charge in [-0.1, -0.05) is 59.6 Å². The number of carboxylic acids is 1. The summed E-state index contributed by atoms with van der Waals surface area (Å²) in [7, 11) is 0. The summed E-state index contributed by atoms with van der Waals surface area (Å²) in [4.78, 5) is 11.2. The van der Waals surface area contributed by atoms with Gasteiger partial charge in [0, 0.05) is 0 Å². The van der Waals surface area contributed by atoms with E-state index < -0.39 is 5.97 Å². The maximum Gasteiger partial charge on any atom is 0.371 e. The Labute approximate surface area is 126 Å². The highest BCUT2D eigenvalue weighted by atomic mass is 35.5. The Bertz CT molecular complexity index is 651. The Balaban J connectivity index is 2.34. The smallest absolute Gasteiger partial charge is 0.371 e. The number of rotatable bonds is 4. The molecular formula is C15H10Cl2O3. The molecule has 0 amide bonds. The van der Waals surface area contributed by atoms with E-state index in [9.17, 15) is 9.90 Å². The van der Waals surface area contributed by atoms with Crippen LogP contribution < -0.4 is 4.74 Å². The van der Waals surface area contributed by atoms with Crippen LogP contribution in [0, 0.1) is 0 Å². The molecule has 0 aromatic heterocycles. The predicted octanol–water partition coefficient (Wildman–Crippen LogP) is 4.50. The van der Waals surface area contributed by atoms with Crippen molar-refractivity contribution in [3.63, 3.8) is 0 Å². The standard InChI is InChI=1S/C15H10Cl2O3/c16-11-7-4-8-12(14(11)17)20-13(15(18)19)9-10-5-2-1-3-6-10/h1-9H,(H,18,19). The maximum atomic E-state index is 11.2. The topological polar surface area (TPSA) is 46.5 Å². The van der Waals surface area contributed by atoms with Gasteiger partial charge in [0.25, 0.3) is 0 Å². The molecular weight excluding hydrogens is 299 g/mol. The van der Waals surface area contributed by atoms with Gasteiger partial charge < -0.3 is 9.84 Å². The van der Waals surface area contributed by atoms with Crippen LogP contribution in [0.2, 0.25) is 10.0 Å². The lowest BCUT2D eigenvalue weighted by Crippen LogP contribution is -2.07. The van der Waals surface area contributed by atoms with Gasteiger partial charge in [-0.15, -0.1) is 0 Å². The largest absolute Gasteiger partial charge is 0.475 e. The van der Waals surface area contributed by atoms with Crippen molar-refractivity contribution in [3.8, 4) is 5.75 Å². The number of carbonyl (C=O) groups is 1. The van der Waals surface area contributed by atoms with Gasteiger partial charge in [-0.05, 0) is 23.8 Å². The zero-order valence-corrected chi connectivity index (χ0v) is 11.7. The highest BCUT2D eigenvalue weighted by Crippen LogP contribution is 2.32. The molecule has 3 nitrogen and oxygen atoms in total. The minimum absolute atomic E-state index is 0.175. The fourth-order valence-electron chi connectivity index (χ4n) is 1.52. The van der Waals surface area contributed by atoms with Crippen molar-refractivity contribution in [2.75, 3.05) is 0 Å². The van der Waals surface area contributed by atoms with E-state index >= 15 is 0 Å². The lowest BCUT2D eigenvalue weighted by atomic mass is 10.2. The lowest BCUT2D eigenvalue weighted by molar-refractivity contribution is -0.134. The highest BCUT2D eigenvalue weighted by molar-refractivity contribution is 6.42. The quantitative estimate of drug-likeness (QED) is 0.668. The van der Waals surface area contributed by atoms with Gasteiger partial charge in [-0.25, -0.2) is 4.79 Å². The molecule has 0 bridgehead atoms. The Morgan fingerprint density at radius 2 is 1.75 bits per heavy atom. The molecule has 0 saturated carbocycles. The van der Waals surface area contributed by atoms with Crippen molar-refractivity contribution in [1.29, 1.82) is 0 Å². The first kappa shape index (κ1) is 14.4. The molecule has 0 saturated heterocycles. The van der Waals surface area contributed by atoms with Crippen molar-refractivity contribution in [2.45, 2.75) is 0 Å². The second kappa shape index (κ2) is 6.46. The maximum absolute atomic E-state index is 11.2. The second-order valence-corrected chi connectivity index (χ2v) is 4.66. The number of hydrogen-bond acceptors (Lipinski definition) is 2. The third kappa shape index (κ3) is 3.53. The first-order valence-electron chi connectivity index (χ1n) is 5.70. The van der Waals surface area contributed by atoms with Crippen molar-refractivity contribution in [2.24, 2.45) is 0 Å². The van der Waals surface area contributed by atoms with Crippen LogP contribution in [-0.4, -0.2) is 11.1 Å². The molecule has 2 aromatic rings. The molecule has 0 heterocycles. The highest BCUT2D eigenvalue weighted by Gasteiger charge is 2.13. The summed E-state index contributed by atoms with van der Waals surface area (Å²) in [6.07, 6.45) is 1.42. The van der Waals surface area contributed by atoms with Crippen LogP contribution in [-0.2, 0) is 4.79 Å². The first-order valence-corrected chi connectivity index (χ1v) is 6.45. The van der Waals surface area contributed by atoms with Crippen LogP contribution in [0.15, 0.2) is 54.3 Å². The van der Waals surface area contributed by atoms with E-state index in [1.807, 2.05) is 6.07 Å². The van der Waals surface area contributed by atoms with E-state index in [0.29, 0.717) is 10.6 Å². The molecule has 1 N–H and O–H groups in total. The summed E-state index contributed by atoms with van der Waals surface area (Å²) < 4.78 is 5.34. The lowest BCUT2D eigenvalue weighted by Gasteiger charge is -2.09. The fourth-order valence-corrected chi connectivity index (χ4v) is 1.85. The van der Waals surface area contributed by atoms with Crippen LogP contribution in [0.4, 0.5) is 0 Å². The number of aliphatic carboxylic acids is 1. The zero-order valence-electron chi connectivity index (χ0n) is 10.2. The van der Waals surface area contributed by atoms with Crippen molar-refractivity contribution < 1.29 is 14.6 Å². The molecule has 2 rings (SSSR count). The summed E-state index contributed by atoms with van der Waals surface area (Å²) in [6.45, 7) is 0. The Morgan fingerprint density at radius 1 is 1.05 bits per heavy atom. The average molecular weight is 309 g/mol. The number of benzene rings is 2. The number of ether oxygens (including phenoxy) is 1. The van der Waals surface area contributed by atoms with Crippen LogP contribution in [0.25, 0.3) is 6.08 Å². The molecule has 0 aliphatic carbocycles. The molecule has 20 heavy (non-hydrogen) atoms. The molecule has 0 fully saturated rings. The normalized spacial score (nSPS) is 11.2. The average Bonchev–Trinajstić information content (AvgIpc) is 2.44. The van der Waals surface area contributed by atoms with E-state index in [0.717, 1.165) is 0 Å². The van der Waals surface area contributed by atoms with E-state index in [1.165, 1.54) is 6.08 Å². The molecule has 0 atom stereocenters. The second-order valence-electron chi connectivity index (χ2n) is 3.88. The molecule has 5 heteroatoms. The Kier molecular flexibility index (Phi) is 4.66. The summed E-state index contributed by atoms with van der Waals surface area (Å²) in [5.74, 6) is -1.23. The van der Waals surface area contributed by atoms with E-state index in [1.54, 1.807) is 42.5 Å². The van der Waals surface area contributed by atoms with Crippen molar-refractivity contribution in [3.05, 3.63) is 69.9 Å². The monoisotopic (exact) mass is 308 g/mol. The number of carboxylic acid groups (broad SMARTS) is 1. The zero-order chi connectivity index (χ0) is 14.5. The fraction of sp³-hybridized carbons (Fsp3) is 0. The van der Waals surface area contributed by atoms with Crippen molar-refractivity contribution >= 4 is 35.2 Å². The summed E-state index contributed by atoms with van der Waals surface area (Å²) in [5.41, 5.74) is 0.711.